The second-order valence-electron chi connectivity index (χ2n) is 3.94. The van der Waals surface area contributed by atoms with Gasteiger partial charge in [0.2, 0.25) is 0 Å². The highest BCUT2D eigenvalue weighted by molar-refractivity contribution is 5.94. The van der Waals surface area contributed by atoms with E-state index in [0.717, 1.165) is 17.8 Å². The highest BCUT2D eigenvalue weighted by Crippen LogP contribution is 2.12. The molecular formula is C11H18N2O. The minimum absolute atomic E-state index is 0.197. The maximum Gasteiger partial charge on any atom is 0.181 e. The molecule has 0 saturated carbocycles. The number of Topliss-reactive ketones (excluding diaryl/α,β-unsaturated/α-hetero) is 1. The normalized spacial score (nSPS) is 12.9. The molecule has 0 radical (unpaired) electrons. The van der Waals surface area contributed by atoms with Gasteiger partial charge in [-0.3, -0.25) is 9.48 Å². The van der Waals surface area contributed by atoms with Gasteiger partial charge in [-0.2, -0.15) is 5.10 Å². The van der Waals surface area contributed by atoms with Crippen LogP contribution in [0.5, 0.6) is 0 Å². The Balaban J connectivity index is 2.74. The molecule has 1 heterocycles. The first-order valence-corrected chi connectivity index (χ1v) is 5.08. The van der Waals surface area contributed by atoms with Gasteiger partial charge in [-0.25, -0.2) is 0 Å². The number of rotatable bonds is 4. The maximum absolute atomic E-state index is 11.8. The number of carbonyl (C=O) groups excluding carboxylic acids is 1. The van der Waals surface area contributed by atoms with Crippen molar-refractivity contribution in [1.29, 1.82) is 0 Å². The van der Waals surface area contributed by atoms with Gasteiger partial charge in [-0.1, -0.05) is 20.3 Å². The molecule has 0 saturated heterocycles. The van der Waals surface area contributed by atoms with Gasteiger partial charge in [-0.05, 0) is 18.9 Å². The summed E-state index contributed by atoms with van der Waals surface area (Å²) in [5.74, 6) is 0.653. The zero-order chi connectivity index (χ0) is 10.7. The van der Waals surface area contributed by atoms with Gasteiger partial charge in [-0.15, -0.1) is 0 Å². The first kappa shape index (κ1) is 11.0. The molecule has 14 heavy (non-hydrogen) atoms. The van der Waals surface area contributed by atoms with E-state index in [9.17, 15) is 4.79 Å². The number of carbonyl (C=O) groups is 1. The van der Waals surface area contributed by atoms with Crippen molar-refractivity contribution in [3.8, 4) is 0 Å². The molecule has 0 aromatic carbocycles. The Morgan fingerprint density at radius 1 is 1.64 bits per heavy atom. The van der Waals surface area contributed by atoms with Crippen LogP contribution in [0.2, 0.25) is 0 Å². The van der Waals surface area contributed by atoms with Gasteiger partial charge >= 0.3 is 0 Å². The van der Waals surface area contributed by atoms with E-state index in [1.165, 1.54) is 0 Å². The molecule has 1 aromatic heterocycles. The van der Waals surface area contributed by atoms with Crippen molar-refractivity contribution in [2.75, 3.05) is 0 Å². The average molecular weight is 194 g/mol. The third kappa shape index (κ3) is 2.44. The van der Waals surface area contributed by atoms with E-state index in [1.807, 2.05) is 20.0 Å². The molecule has 0 aliphatic heterocycles. The fourth-order valence-corrected chi connectivity index (χ4v) is 1.44. The number of hydrogen-bond donors (Lipinski definition) is 0. The van der Waals surface area contributed by atoms with Crippen LogP contribution >= 0.6 is 0 Å². The second-order valence-corrected chi connectivity index (χ2v) is 3.94. The lowest BCUT2D eigenvalue weighted by molar-refractivity contribution is 0.0954. The lowest BCUT2D eigenvalue weighted by Gasteiger charge is -2.06. The molecule has 1 rings (SSSR count). The van der Waals surface area contributed by atoms with Crippen LogP contribution in [0.1, 0.15) is 42.9 Å². The summed E-state index contributed by atoms with van der Waals surface area (Å²) in [5, 5.41) is 4.16. The summed E-state index contributed by atoms with van der Waals surface area (Å²) in [7, 11) is 1.82. The van der Waals surface area contributed by atoms with Crippen LogP contribution in [0.25, 0.3) is 0 Å². The molecule has 3 heteroatoms. The van der Waals surface area contributed by atoms with Crippen molar-refractivity contribution in [1.82, 2.24) is 9.78 Å². The van der Waals surface area contributed by atoms with Gasteiger partial charge in [0.15, 0.2) is 5.78 Å². The predicted molar refractivity (Wildman–Crippen MR) is 56.3 cm³/mol. The van der Waals surface area contributed by atoms with Crippen molar-refractivity contribution >= 4 is 5.78 Å². The molecule has 3 nitrogen and oxygen atoms in total. The summed E-state index contributed by atoms with van der Waals surface area (Å²) in [5.41, 5.74) is 1.63. The minimum Gasteiger partial charge on any atom is -0.292 e. The van der Waals surface area contributed by atoms with Crippen LogP contribution in [0.15, 0.2) is 6.07 Å². The highest BCUT2D eigenvalue weighted by atomic mass is 16.1. The number of aryl methyl sites for hydroxylation is 2. The van der Waals surface area contributed by atoms with Gasteiger partial charge in [0.25, 0.3) is 0 Å². The Labute approximate surface area is 85.1 Å². The molecule has 0 fully saturated rings. The van der Waals surface area contributed by atoms with E-state index in [2.05, 4.69) is 18.9 Å². The molecular weight excluding hydrogens is 176 g/mol. The molecule has 0 amide bonds. The molecule has 78 valence electrons. The highest BCUT2D eigenvalue weighted by Gasteiger charge is 2.14. The first-order valence-electron chi connectivity index (χ1n) is 5.08. The number of nitrogens with zero attached hydrogens (tertiary/aromatic N) is 2. The van der Waals surface area contributed by atoms with Crippen LogP contribution in [-0.2, 0) is 7.05 Å². The lowest BCUT2D eigenvalue weighted by Crippen LogP contribution is -2.10. The minimum atomic E-state index is 0.197. The Hall–Kier alpha value is -1.12. The summed E-state index contributed by atoms with van der Waals surface area (Å²) < 4.78 is 1.67. The van der Waals surface area contributed by atoms with E-state index >= 15 is 0 Å². The van der Waals surface area contributed by atoms with Gasteiger partial charge < -0.3 is 0 Å². The molecule has 1 atom stereocenters. The lowest BCUT2D eigenvalue weighted by atomic mass is 10.0. The molecule has 1 aromatic rings. The fourth-order valence-electron chi connectivity index (χ4n) is 1.44. The fraction of sp³-hybridized carbons (Fsp3) is 0.636. The van der Waals surface area contributed by atoms with Crippen molar-refractivity contribution in [2.45, 2.75) is 33.6 Å². The van der Waals surface area contributed by atoms with Crippen LogP contribution in [0.3, 0.4) is 0 Å². The average Bonchev–Trinajstić information content (AvgIpc) is 2.45. The Morgan fingerprint density at radius 3 is 2.71 bits per heavy atom. The predicted octanol–water partition coefficient (Wildman–Crippen LogP) is 2.35. The van der Waals surface area contributed by atoms with Gasteiger partial charge in [0.05, 0.1) is 5.69 Å². The Morgan fingerprint density at radius 2 is 2.29 bits per heavy atom. The summed E-state index contributed by atoms with van der Waals surface area (Å²) in [6, 6.07) is 1.85. The van der Waals surface area contributed by atoms with Gasteiger partial charge in [0, 0.05) is 13.5 Å². The summed E-state index contributed by atoms with van der Waals surface area (Å²) >= 11 is 0. The van der Waals surface area contributed by atoms with E-state index in [1.54, 1.807) is 4.68 Å². The number of aromatic nitrogens is 2. The smallest absolute Gasteiger partial charge is 0.181 e. The van der Waals surface area contributed by atoms with E-state index in [-0.39, 0.29) is 5.78 Å². The van der Waals surface area contributed by atoms with Crippen LogP contribution in [0.4, 0.5) is 0 Å². The van der Waals surface area contributed by atoms with Gasteiger partial charge in [0.1, 0.15) is 5.69 Å². The number of ketones is 1. The molecule has 1 unspecified atom stereocenters. The summed E-state index contributed by atoms with van der Waals surface area (Å²) in [6.45, 7) is 6.10. The third-order valence-electron chi connectivity index (χ3n) is 2.52. The summed E-state index contributed by atoms with van der Waals surface area (Å²) in [6.07, 6.45) is 1.66. The standard InChI is InChI=1S/C11H18N2O/c1-5-8(2)6-11(14)10-7-9(3)12-13(10)4/h7-8H,5-6H2,1-4H3. The van der Waals surface area contributed by atoms with E-state index in [0.29, 0.717) is 12.3 Å². The Bertz CT molecular complexity index is 328. The Kier molecular flexibility index (Phi) is 3.44. The van der Waals surface area contributed by atoms with Crippen molar-refractivity contribution in [3.05, 3.63) is 17.5 Å². The quantitative estimate of drug-likeness (QED) is 0.689. The molecule has 0 aliphatic carbocycles. The molecule has 0 bridgehead atoms. The van der Waals surface area contributed by atoms with Crippen molar-refractivity contribution in [3.63, 3.8) is 0 Å². The first-order chi connectivity index (χ1) is 6.54. The van der Waals surface area contributed by atoms with E-state index in [4.69, 9.17) is 0 Å². The van der Waals surface area contributed by atoms with E-state index < -0.39 is 0 Å². The summed E-state index contributed by atoms with van der Waals surface area (Å²) in [4.78, 5) is 11.8. The zero-order valence-electron chi connectivity index (χ0n) is 9.37. The number of hydrogen-bond acceptors (Lipinski definition) is 2. The monoisotopic (exact) mass is 194 g/mol. The van der Waals surface area contributed by atoms with Crippen LogP contribution in [-0.4, -0.2) is 15.6 Å². The van der Waals surface area contributed by atoms with Crippen molar-refractivity contribution in [2.24, 2.45) is 13.0 Å². The third-order valence-corrected chi connectivity index (χ3v) is 2.52. The molecule has 0 spiro atoms. The van der Waals surface area contributed by atoms with Crippen LogP contribution < -0.4 is 0 Å². The zero-order valence-corrected chi connectivity index (χ0v) is 9.37. The molecule has 0 aliphatic rings. The topological polar surface area (TPSA) is 34.9 Å². The largest absolute Gasteiger partial charge is 0.292 e. The SMILES string of the molecule is CCC(C)CC(=O)c1cc(C)nn1C. The second kappa shape index (κ2) is 4.40. The van der Waals surface area contributed by atoms with Crippen molar-refractivity contribution < 1.29 is 4.79 Å². The molecule has 0 N–H and O–H groups in total. The maximum atomic E-state index is 11.8. The van der Waals surface area contributed by atoms with Crippen LogP contribution in [0, 0.1) is 12.8 Å².